The van der Waals surface area contributed by atoms with Crippen molar-refractivity contribution in [1.82, 2.24) is 5.43 Å². The maximum Gasteiger partial charge on any atom is 0.262 e. The molecule has 1 aromatic carbocycles. The molecule has 1 aliphatic rings. The van der Waals surface area contributed by atoms with Crippen molar-refractivity contribution in [3.8, 4) is 5.75 Å². The standard InChI is InChI=1S/C10H12N4O3/c11-9(10(16)14-12)5-1-2-7-6(3-5)13-8(15)4-17-7/h1-3,9H,4,11-12H2,(H,13,15)(H,14,16). The van der Waals surface area contributed by atoms with Crippen molar-refractivity contribution in [2.24, 2.45) is 11.6 Å². The van der Waals surface area contributed by atoms with E-state index in [1.54, 1.807) is 18.2 Å². The van der Waals surface area contributed by atoms with Crippen molar-refractivity contribution in [2.75, 3.05) is 11.9 Å². The summed E-state index contributed by atoms with van der Waals surface area (Å²) >= 11 is 0. The first-order valence-electron chi connectivity index (χ1n) is 4.94. The van der Waals surface area contributed by atoms with Crippen LogP contribution in [-0.4, -0.2) is 18.4 Å². The van der Waals surface area contributed by atoms with Gasteiger partial charge in [0.25, 0.3) is 11.8 Å². The molecule has 0 aromatic heterocycles. The molecule has 6 N–H and O–H groups in total. The summed E-state index contributed by atoms with van der Waals surface area (Å²) in [5, 5.41) is 2.63. The molecule has 0 bridgehead atoms. The molecule has 0 saturated carbocycles. The van der Waals surface area contributed by atoms with Gasteiger partial charge in [0.05, 0.1) is 5.69 Å². The van der Waals surface area contributed by atoms with E-state index in [2.05, 4.69) is 5.32 Å². The van der Waals surface area contributed by atoms with Crippen LogP contribution in [0, 0.1) is 0 Å². The topological polar surface area (TPSA) is 119 Å². The Morgan fingerprint density at radius 2 is 2.29 bits per heavy atom. The number of ether oxygens (including phenoxy) is 1. The van der Waals surface area contributed by atoms with E-state index >= 15 is 0 Å². The largest absolute Gasteiger partial charge is 0.482 e. The van der Waals surface area contributed by atoms with Gasteiger partial charge < -0.3 is 15.8 Å². The van der Waals surface area contributed by atoms with Crippen LogP contribution >= 0.6 is 0 Å². The summed E-state index contributed by atoms with van der Waals surface area (Å²) in [6, 6.07) is 4.00. The van der Waals surface area contributed by atoms with Gasteiger partial charge in [-0.3, -0.25) is 15.0 Å². The van der Waals surface area contributed by atoms with Gasteiger partial charge in [-0.25, -0.2) is 5.84 Å². The number of hydrogen-bond donors (Lipinski definition) is 4. The Bertz CT molecular complexity index is 475. The number of amides is 2. The van der Waals surface area contributed by atoms with Gasteiger partial charge in [-0.15, -0.1) is 0 Å². The van der Waals surface area contributed by atoms with Gasteiger partial charge in [0.15, 0.2) is 6.61 Å². The molecule has 1 heterocycles. The Balaban J connectivity index is 2.29. The van der Waals surface area contributed by atoms with Crippen LogP contribution in [0.4, 0.5) is 5.69 Å². The van der Waals surface area contributed by atoms with Gasteiger partial charge in [-0.2, -0.15) is 0 Å². The van der Waals surface area contributed by atoms with E-state index in [0.717, 1.165) is 0 Å². The number of hydrazine groups is 1. The van der Waals surface area contributed by atoms with Gasteiger partial charge in [0, 0.05) is 0 Å². The van der Waals surface area contributed by atoms with E-state index in [-0.39, 0.29) is 12.5 Å². The molecule has 0 radical (unpaired) electrons. The van der Waals surface area contributed by atoms with Crippen LogP contribution in [0.5, 0.6) is 5.75 Å². The van der Waals surface area contributed by atoms with E-state index in [1.807, 2.05) is 5.43 Å². The number of benzene rings is 1. The van der Waals surface area contributed by atoms with Crippen molar-refractivity contribution in [3.05, 3.63) is 23.8 Å². The molecule has 1 aromatic rings. The normalized spacial score (nSPS) is 15.3. The lowest BCUT2D eigenvalue weighted by atomic mass is 10.1. The van der Waals surface area contributed by atoms with E-state index < -0.39 is 11.9 Å². The lowest BCUT2D eigenvalue weighted by Crippen LogP contribution is -2.38. The van der Waals surface area contributed by atoms with Crippen LogP contribution in [-0.2, 0) is 9.59 Å². The van der Waals surface area contributed by atoms with Crippen molar-refractivity contribution >= 4 is 17.5 Å². The average Bonchev–Trinajstić information content (AvgIpc) is 2.36. The fourth-order valence-electron chi connectivity index (χ4n) is 1.54. The quantitative estimate of drug-likeness (QED) is 0.298. The third-order valence-electron chi connectivity index (χ3n) is 2.42. The second-order valence-electron chi connectivity index (χ2n) is 3.58. The maximum atomic E-state index is 11.3. The summed E-state index contributed by atoms with van der Waals surface area (Å²) in [5.41, 5.74) is 8.68. The molecule has 90 valence electrons. The number of carbonyl (C=O) groups excluding carboxylic acids is 2. The highest BCUT2D eigenvalue weighted by Crippen LogP contribution is 2.29. The predicted octanol–water partition coefficient (Wildman–Crippen LogP) is -0.993. The van der Waals surface area contributed by atoms with E-state index in [4.69, 9.17) is 16.3 Å². The first kappa shape index (κ1) is 11.4. The SMILES string of the molecule is NNC(=O)C(N)c1ccc2c(c1)NC(=O)CO2. The van der Waals surface area contributed by atoms with Crippen molar-refractivity contribution in [3.63, 3.8) is 0 Å². The third kappa shape index (κ3) is 2.19. The first-order chi connectivity index (χ1) is 8.11. The molecular weight excluding hydrogens is 224 g/mol. The molecule has 1 atom stereocenters. The van der Waals surface area contributed by atoms with Crippen molar-refractivity contribution < 1.29 is 14.3 Å². The minimum absolute atomic E-state index is 0.0122. The molecule has 1 aliphatic heterocycles. The molecule has 7 heteroatoms. The Hall–Kier alpha value is -2.12. The van der Waals surface area contributed by atoms with Crippen LogP contribution in [0.2, 0.25) is 0 Å². The summed E-state index contributed by atoms with van der Waals surface area (Å²) in [4.78, 5) is 22.4. The zero-order valence-electron chi connectivity index (χ0n) is 8.90. The van der Waals surface area contributed by atoms with Crippen molar-refractivity contribution in [1.29, 1.82) is 0 Å². The molecular formula is C10H12N4O3. The van der Waals surface area contributed by atoms with E-state index in [9.17, 15) is 9.59 Å². The highest BCUT2D eigenvalue weighted by Gasteiger charge is 2.20. The molecule has 2 amide bonds. The van der Waals surface area contributed by atoms with Crippen LogP contribution in [0.25, 0.3) is 0 Å². The summed E-state index contributed by atoms with van der Waals surface area (Å²) in [7, 11) is 0. The zero-order chi connectivity index (χ0) is 12.4. The number of nitrogens with one attached hydrogen (secondary N) is 2. The number of carbonyl (C=O) groups is 2. The number of fused-ring (bicyclic) bond motifs is 1. The van der Waals surface area contributed by atoms with Gasteiger partial charge in [0.2, 0.25) is 0 Å². The predicted molar refractivity (Wildman–Crippen MR) is 59.8 cm³/mol. The molecule has 0 fully saturated rings. The summed E-state index contributed by atoms with van der Waals surface area (Å²) in [5.74, 6) is 4.80. The minimum atomic E-state index is -0.885. The van der Waals surface area contributed by atoms with Gasteiger partial charge in [-0.1, -0.05) is 6.07 Å². The second kappa shape index (κ2) is 4.40. The van der Waals surface area contributed by atoms with E-state index in [0.29, 0.717) is 17.0 Å². The van der Waals surface area contributed by atoms with Crippen LogP contribution in [0.1, 0.15) is 11.6 Å². The van der Waals surface area contributed by atoms with Crippen molar-refractivity contribution in [2.45, 2.75) is 6.04 Å². The Labute approximate surface area is 97.1 Å². The number of hydrogen-bond acceptors (Lipinski definition) is 5. The lowest BCUT2D eigenvalue weighted by molar-refractivity contribution is -0.122. The fourth-order valence-corrected chi connectivity index (χ4v) is 1.54. The number of anilines is 1. The van der Waals surface area contributed by atoms with Gasteiger partial charge >= 0.3 is 0 Å². The smallest absolute Gasteiger partial charge is 0.262 e. The second-order valence-corrected chi connectivity index (χ2v) is 3.58. The fraction of sp³-hybridized carbons (Fsp3) is 0.200. The molecule has 0 aliphatic carbocycles. The Morgan fingerprint density at radius 3 is 3.00 bits per heavy atom. The summed E-state index contributed by atoms with van der Waals surface area (Å²) in [6.07, 6.45) is 0. The number of nitrogens with two attached hydrogens (primary N) is 2. The monoisotopic (exact) mass is 236 g/mol. The van der Waals surface area contributed by atoms with Crippen LogP contribution in [0.15, 0.2) is 18.2 Å². The first-order valence-corrected chi connectivity index (χ1v) is 4.94. The third-order valence-corrected chi connectivity index (χ3v) is 2.42. The van der Waals surface area contributed by atoms with Crippen LogP contribution in [0.3, 0.4) is 0 Å². The minimum Gasteiger partial charge on any atom is -0.482 e. The highest BCUT2D eigenvalue weighted by atomic mass is 16.5. The summed E-state index contributed by atoms with van der Waals surface area (Å²) in [6.45, 7) is -0.0122. The lowest BCUT2D eigenvalue weighted by Gasteiger charge is -2.19. The average molecular weight is 236 g/mol. The Kier molecular flexibility index (Phi) is 2.94. The molecule has 0 saturated heterocycles. The number of rotatable bonds is 2. The zero-order valence-corrected chi connectivity index (χ0v) is 8.90. The van der Waals surface area contributed by atoms with E-state index in [1.165, 1.54) is 0 Å². The molecule has 17 heavy (non-hydrogen) atoms. The summed E-state index contributed by atoms with van der Waals surface area (Å²) < 4.78 is 5.18. The highest BCUT2D eigenvalue weighted by molar-refractivity contribution is 5.95. The van der Waals surface area contributed by atoms with Gasteiger partial charge in [0.1, 0.15) is 11.8 Å². The van der Waals surface area contributed by atoms with Crippen LogP contribution < -0.4 is 27.1 Å². The Morgan fingerprint density at radius 1 is 1.53 bits per heavy atom. The van der Waals surface area contributed by atoms with Gasteiger partial charge in [-0.05, 0) is 17.7 Å². The molecule has 1 unspecified atom stereocenters. The molecule has 0 spiro atoms. The molecule has 2 rings (SSSR count). The maximum absolute atomic E-state index is 11.3. The molecule has 7 nitrogen and oxygen atoms in total.